The summed E-state index contributed by atoms with van der Waals surface area (Å²) >= 11 is 0. The van der Waals surface area contributed by atoms with Gasteiger partial charge in [-0.2, -0.15) is 0 Å². The number of methoxy groups -OCH3 is 1. The van der Waals surface area contributed by atoms with Crippen LogP contribution in [0.2, 0.25) is 0 Å². The second-order valence-corrected chi connectivity index (χ2v) is 8.77. The molecule has 0 aromatic heterocycles. The average molecular weight is 459 g/mol. The maximum atomic E-state index is 13.0. The molecule has 0 saturated carbocycles. The zero-order valence-electron chi connectivity index (χ0n) is 20.3. The molecule has 6 heteroatoms. The van der Waals surface area contributed by atoms with Crippen LogP contribution in [0.5, 0.6) is 5.75 Å². The van der Waals surface area contributed by atoms with Crippen LogP contribution in [0.25, 0.3) is 0 Å². The third-order valence-corrected chi connectivity index (χ3v) is 6.48. The summed E-state index contributed by atoms with van der Waals surface area (Å²) in [5, 5.41) is 3.17. The maximum absolute atomic E-state index is 13.0. The molecule has 0 radical (unpaired) electrons. The number of nitrogens with one attached hydrogen (secondary N) is 1. The van der Waals surface area contributed by atoms with Crippen molar-refractivity contribution >= 4 is 17.3 Å². The lowest BCUT2D eigenvalue weighted by Gasteiger charge is -2.40. The number of amides is 1. The van der Waals surface area contributed by atoms with Gasteiger partial charge in [0.2, 0.25) is 0 Å². The summed E-state index contributed by atoms with van der Waals surface area (Å²) in [6.07, 6.45) is 0. The molecule has 0 aliphatic carbocycles. The minimum atomic E-state index is -0.115. The first-order valence-corrected chi connectivity index (χ1v) is 11.8. The number of piperazine rings is 1. The summed E-state index contributed by atoms with van der Waals surface area (Å²) in [5.74, 6) is 0.471. The zero-order chi connectivity index (χ0) is 23.9. The maximum Gasteiger partial charge on any atom is 0.255 e. The van der Waals surface area contributed by atoms with Crippen molar-refractivity contribution < 1.29 is 9.53 Å². The van der Waals surface area contributed by atoms with Crippen LogP contribution in [-0.2, 0) is 0 Å². The zero-order valence-corrected chi connectivity index (χ0v) is 20.3. The highest BCUT2D eigenvalue weighted by Gasteiger charge is 2.26. The van der Waals surface area contributed by atoms with E-state index < -0.39 is 0 Å². The summed E-state index contributed by atoms with van der Waals surface area (Å²) in [5.41, 5.74) is 4.19. The van der Waals surface area contributed by atoms with Gasteiger partial charge in [-0.05, 0) is 42.0 Å². The van der Waals surface area contributed by atoms with Crippen molar-refractivity contribution in [1.82, 2.24) is 10.2 Å². The number of para-hydroxylation sites is 2. The highest BCUT2D eigenvalue weighted by atomic mass is 16.5. The van der Waals surface area contributed by atoms with Crippen LogP contribution < -0.4 is 19.9 Å². The van der Waals surface area contributed by atoms with Gasteiger partial charge in [0.05, 0.1) is 18.7 Å². The molecule has 1 aliphatic heterocycles. The van der Waals surface area contributed by atoms with E-state index in [-0.39, 0.29) is 11.9 Å². The average Bonchev–Trinajstić information content (AvgIpc) is 2.89. The van der Waals surface area contributed by atoms with E-state index in [2.05, 4.69) is 74.6 Å². The Bertz CT molecular complexity index is 1060. The fourth-order valence-corrected chi connectivity index (χ4v) is 4.50. The van der Waals surface area contributed by atoms with Crippen molar-refractivity contribution in [2.75, 3.05) is 63.7 Å². The standard InChI is InChI=1S/C28H34N4O2/c1-30(2)23-15-13-22(14-16-23)26(21-29-28(33)25-11-7-8-12-27(25)34-3)32-19-17-31(18-20-32)24-9-5-4-6-10-24/h4-16,26H,17-21H2,1-3H3,(H,29,33)/t26-/m1/s1. The first-order valence-electron chi connectivity index (χ1n) is 11.8. The molecule has 3 aromatic rings. The lowest BCUT2D eigenvalue weighted by Crippen LogP contribution is -2.50. The summed E-state index contributed by atoms with van der Waals surface area (Å²) in [6.45, 7) is 4.30. The molecule has 0 spiro atoms. The van der Waals surface area contributed by atoms with Gasteiger partial charge in [0.1, 0.15) is 5.75 Å². The van der Waals surface area contributed by atoms with Crippen molar-refractivity contribution in [1.29, 1.82) is 0 Å². The molecule has 1 amide bonds. The molecular formula is C28H34N4O2. The molecule has 1 fully saturated rings. The van der Waals surface area contributed by atoms with Crippen LogP contribution in [0.4, 0.5) is 11.4 Å². The lowest BCUT2D eigenvalue weighted by atomic mass is 10.0. The van der Waals surface area contributed by atoms with Gasteiger partial charge < -0.3 is 19.9 Å². The SMILES string of the molecule is COc1ccccc1C(=O)NC[C@H](c1ccc(N(C)C)cc1)N1CCN(c2ccccc2)CC1. The Morgan fingerprint density at radius 2 is 1.56 bits per heavy atom. The van der Waals surface area contributed by atoms with E-state index in [0.29, 0.717) is 17.9 Å². The lowest BCUT2D eigenvalue weighted by molar-refractivity contribution is 0.0927. The molecule has 1 heterocycles. The van der Waals surface area contributed by atoms with Gasteiger partial charge in [-0.3, -0.25) is 9.69 Å². The topological polar surface area (TPSA) is 48.1 Å². The van der Waals surface area contributed by atoms with Gasteiger partial charge in [0.25, 0.3) is 5.91 Å². The highest BCUT2D eigenvalue weighted by molar-refractivity contribution is 5.96. The Hall–Kier alpha value is -3.51. The first-order chi connectivity index (χ1) is 16.6. The molecule has 0 bridgehead atoms. The molecule has 1 saturated heterocycles. The minimum absolute atomic E-state index is 0.0905. The number of anilines is 2. The molecule has 0 unspecified atom stereocenters. The quantitative estimate of drug-likeness (QED) is 0.552. The Kier molecular flexibility index (Phi) is 7.70. The third-order valence-electron chi connectivity index (χ3n) is 6.48. The molecule has 34 heavy (non-hydrogen) atoms. The van der Waals surface area contributed by atoms with Crippen molar-refractivity contribution in [3.63, 3.8) is 0 Å². The number of nitrogens with zero attached hydrogens (tertiary/aromatic N) is 3. The molecule has 6 nitrogen and oxygen atoms in total. The fraction of sp³-hybridized carbons (Fsp3) is 0.321. The number of carbonyl (C=O) groups is 1. The Balaban J connectivity index is 1.50. The Morgan fingerprint density at radius 1 is 0.912 bits per heavy atom. The second kappa shape index (κ2) is 11.1. The number of ether oxygens (including phenoxy) is 1. The normalized spacial score (nSPS) is 15.0. The molecule has 1 aliphatic rings. The first kappa shape index (κ1) is 23.6. The Labute approximate surface area is 202 Å². The van der Waals surface area contributed by atoms with E-state index in [1.165, 1.54) is 11.3 Å². The fourth-order valence-electron chi connectivity index (χ4n) is 4.50. The van der Waals surface area contributed by atoms with Crippen LogP contribution in [-0.4, -0.2) is 64.7 Å². The predicted octanol–water partition coefficient (Wildman–Crippen LogP) is 4.05. The van der Waals surface area contributed by atoms with Crippen LogP contribution in [0.15, 0.2) is 78.9 Å². The van der Waals surface area contributed by atoms with Gasteiger partial charge in [-0.25, -0.2) is 0 Å². The van der Waals surface area contributed by atoms with Crippen LogP contribution >= 0.6 is 0 Å². The smallest absolute Gasteiger partial charge is 0.255 e. The second-order valence-electron chi connectivity index (χ2n) is 8.77. The molecule has 4 rings (SSSR count). The minimum Gasteiger partial charge on any atom is -0.496 e. The summed E-state index contributed by atoms with van der Waals surface area (Å²) < 4.78 is 5.38. The van der Waals surface area contributed by atoms with E-state index >= 15 is 0 Å². The van der Waals surface area contributed by atoms with Crippen molar-refractivity contribution in [3.05, 3.63) is 90.0 Å². The van der Waals surface area contributed by atoms with Crippen molar-refractivity contribution in [3.8, 4) is 5.75 Å². The molecular weight excluding hydrogens is 424 g/mol. The number of carbonyl (C=O) groups excluding carboxylic acids is 1. The largest absolute Gasteiger partial charge is 0.496 e. The van der Waals surface area contributed by atoms with Gasteiger partial charge in [0.15, 0.2) is 0 Å². The van der Waals surface area contributed by atoms with E-state index in [1.54, 1.807) is 13.2 Å². The Morgan fingerprint density at radius 3 is 2.21 bits per heavy atom. The summed E-state index contributed by atoms with van der Waals surface area (Å²) in [6, 6.07) is 26.6. The molecule has 1 N–H and O–H groups in total. The highest BCUT2D eigenvalue weighted by Crippen LogP contribution is 2.26. The van der Waals surface area contributed by atoms with E-state index in [4.69, 9.17) is 4.74 Å². The number of hydrogen-bond donors (Lipinski definition) is 1. The van der Waals surface area contributed by atoms with E-state index in [0.717, 1.165) is 31.9 Å². The van der Waals surface area contributed by atoms with Crippen molar-refractivity contribution in [2.45, 2.75) is 6.04 Å². The monoisotopic (exact) mass is 458 g/mol. The molecule has 178 valence electrons. The van der Waals surface area contributed by atoms with Gasteiger partial charge in [-0.15, -0.1) is 0 Å². The van der Waals surface area contributed by atoms with E-state index in [9.17, 15) is 4.79 Å². The van der Waals surface area contributed by atoms with Crippen LogP contribution in [0.1, 0.15) is 22.0 Å². The number of rotatable bonds is 8. The van der Waals surface area contributed by atoms with Gasteiger partial charge >= 0.3 is 0 Å². The van der Waals surface area contributed by atoms with Crippen molar-refractivity contribution in [2.24, 2.45) is 0 Å². The van der Waals surface area contributed by atoms with Gasteiger partial charge in [0, 0.05) is 58.2 Å². The molecule has 1 atom stereocenters. The molecule has 3 aromatic carbocycles. The number of hydrogen-bond acceptors (Lipinski definition) is 5. The van der Waals surface area contributed by atoms with Gasteiger partial charge in [-0.1, -0.05) is 42.5 Å². The number of benzene rings is 3. The summed E-state index contributed by atoms with van der Waals surface area (Å²) in [7, 11) is 5.68. The van der Waals surface area contributed by atoms with Crippen LogP contribution in [0, 0.1) is 0 Å². The third kappa shape index (κ3) is 5.51. The predicted molar refractivity (Wildman–Crippen MR) is 139 cm³/mol. The summed E-state index contributed by atoms with van der Waals surface area (Å²) in [4.78, 5) is 20.0. The van der Waals surface area contributed by atoms with Crippen LogP contribution in [0.3, 0.4) is 0 Å². The van der Waals surface area contributed by atoms with E-state index in [1.807, 2.05) is 32.3 Å².